The molecule has 1 aliphatic rings. The van der Waals surface area contributed by atoms with E-state index in [4.69, 9.17) is 5.11 Å². The van der Waals surface area contributed by atoms with Gasteiger partial charge in [-0.1, -0.05) is 6.07 Å². The fraction of sp³-hybridized carbons (Fsp3) is 0.455. The Morgan fingerprint density at radius 2 is 2.40 bits per heavy atom. The maximum atomic E-state index is 10.8. The van der Waals surface area contributed by atoms with Crippen molar-refractivity contribution >= 4 is 5.97 Å². The summed E-state index contributed by atoms with van der Waals surface area (Å²) in [5.74, 6) is -0.598. The van der Waals surface area contributed by atoms with Crippen LogP contribution in [0.5, 0.6) is 0 Å². The van der Waals surface area contributed by atoms with E-state index in [2.05, 4.69) is 10.3 Å². The van der Waals surface area contributed by atoms with Crippen LogP contribution in [0.1, 0.15) is 34.9 Å². The van der Waals surface area contributed by atoms with Crippen LogP contribution in [0, 0.1) is 0 Å². The topological polar surface area (TPSA) is 62.2 Å². The summed E-state index contributed by atoms with van der Waals surface area (Å²) in [6.07, 6.45) is 2.21. The number of hydrogen-bond donors (Lipinski definition) is 2. The molecule has 0 amide bonds. The molecule has 1 saturated heterocycles. The Morgan fingerprint density at radius 1 is 1.53 bits per heavy atom. The first-order chi connectivity index (χ1) is 7.27. The molecule has 1 aromatic heterocycles. The zero-order chi connectivity index (χ0) is 10.7. The molecule has 0 saturated carbocycles. The first kappa shape index (κ1) is 10.1. The first-order valence-corrected chi connectivity index (χ1v) is 5.18. The van der Waals surface area contributed by atoms with Crippen LogP contribution in [0.3, 0.4) is 0 Å². The van der Waals surface area contributed by atoms with Crippen LogP contribution in [-0.4, -0.2) is 29.1 Å². The Hall–Kier alpha value is -1.42. The van der Waals surface area contributed by atoms with Crippen molar-refractivity contribution in [1.29, 1.82) is 0 Å². The molecule has 1 aromatic rings. The smallest absolute Gasteiger partial charge is 0.354 e. The molecule has 0 radical (unpaired) electrons. The lowest BCUT2D eigenvalue weighted by Gasteiger charge is -2.22. The molecule has 15 heavy (non-hydrogen) atoms. The molecule has 0 aromatic carbocycles. The molecule has 1 atom stereocenters. The maximum Gasteiger partial charge on any atom is 0.354 e. The highest BCUT2D eigenvalue weighted by Crippen LogP contribution is 2.21. The Bertz CT molecular complexity index is 359. The highest BCUT2D eigenvalue weighted by molar-refractivity contribution is 5.85. The maximum absolute atomic E-state index is 10.8. The van der Waals surface area contributed by atoms with E-state index < -0.39 is 5.97 Å². The van der Waals surface area contributed by atoms with Crippen molar-refractivity contribution < 1.29 is 9.90 Å². The predicted octanol–water partition coefficient (Wildman–Crippen LogP) is 1.25. The summed E-state index contributed by atoms with van der Waals surface area (Å²) in [5, 5.41) is 12.1. The summed E-state index contributed by atoms with van der Waals surface area (Å²) in [6, 6.07) is 5.20. The third-order valence-corrected chi connectivity index (χ3v) is 2.70. The van der Waals surface area contributed by atoms with Gasteiger partial charge in [-0.05, 0) is 31.5 Å². The molecule has 4 heteroatoms. The number of hydrogen-bond acceptors (Lipinski definition) is 3. The van der Waals surface area contributed by atoms with Crippen LogP contribution in [0.25, 0.3) is 0 Å². The Kier molecular flexibility index (Phi) is 2.97. The van der Waals surface area contributed by atoms with Crippen LogP contribution < -0.4 is 5.32 Å². The van der Waals surface area contributed by atoms with Gasteiger partial charge in [0.15, 0.2) is 0 Å². The number of rotatable bonds is 2. The van der Waals surface area contributed by atoms with E-state index in [0.717, 1.165) is 31.6 Å². The van der Waals surface area contributed by atoms with Gasteiger partial charge in [0.2, 0.25) is 0 Å². The molecule has 1 fully saturated rings. The number of nitrogens with zero attached hydrogens (tertiary/aromatic N) is 1. The number of aromatic carboxylic acids is 1. The van der Waals surface area contributed by atoms with Crippen molar-refractivity contribution in [3.05, 3.63) is 29.6 Å². The van der Waals surface area contributed by atoms with E-state index in [1.165, 1.54) is 6.07 Å². The minimum absolute atomic E-state index is 0.137. The predicted molar refractivity (Wildman–Crippen MR) is 56.0 cm³/mol. The molecule has 4 nitrogen and oxygen atoms in total. The fourth-order valence-corrected chi connectivity index (χ4v) is 1.90. The standard InChI is InChI=1S/C11H14N2O2/c14-11(15)10-5-1-4-9(13-10)8-3-2-6-12-7-8/h1,4-5,8,12H,2-3,6-7H2,(H,14,15). The van der Waals surface area contributed by atoms with Gasteiger partial charge >= 0.3 is 5.97 Å². The van der Waals surface area contributed by atoms with E-state index in [1.54, 1.807) is 6.07 Å². The lowest BCUT2D eigenvalue weighted by molar-refractivity contribution is 0.0690. The quantitative estimate of drug-likeness (QED) is 0.764. The number of piperidine rings is 1. The molecule has 0 spiro atoms. The molecule has 2 N–H and O–H groups in total. The molecule has 2 heterocycles. The van der Waals surface area contributed by atoms with Crippen molar-refractivity contribution in [3.63, 3.8) is 0 Å². The van der Waals surface area contributed by atoms with Crippen molar-refractivity contribution in [2.24, 2.45) is 0 Å². The molecule has 0 bridgehead atoms. The SMILES string of the molecule is O=C(O)c1cccc(C2CCCNC2)n1. The highest BCUT2D eigenvalue weighted by Gasteiger charge is 2.17. The minimum atomic E-state index is -0.958. The fourth-order valence-electron chi connectivity index (χ4n) is 1.90. The van der Waals surface area contributed by atoms with Gasteiger partial charge in [0.05, 0.1) is 0 Å². The average molecular weight is 206 g/mol. The third kappa shape index (κ3) is 2.33. The van der Waals surface area contributed by atoms with Gasteiger partial charge in [0.1, 0.15) is 5.69 Å². The first-order valence-electron chi connectivity index (χ1n) is 5.18. The summed E-state index contributed by atoms with van der Waals surface area (Å²) < 4.78 is 0. The van der Waals surface area contributed by atoms with Crippen LogP contribution >= 0.6 is 0 Å². The van der Waals surface area contributed by atoms with E-state index in [9.17, 15) is 4.79 Å². The van der Waals surface area contributed by atoms with Gasteiger partial charge < -0.3 is 10.4 Å². The number of nitrogens with one attached hydrogen (secondary N) is 1. The van der Waals surface area contributed by atoms with Crippen LogP contribution in [0.4, 0.5) is 0 Å². The van der Waals surface area contributed by atoms with E-state index in [1.807, 2.05) is 6.07 Å². The van der Waals surface area contributed by atoms with Gasteiger partial charge in [-0.15, -0.1) is 0 Å². The number of carboxylic acid groups (broad SMARTS) is 1. The average Bonchev–Trinajstić information content (AvgIpc) is 2.30. The Labute approximate surface area is 88.3 Å². The molecule has 1 aliphatic heterocycles. The summed E-state index contributed by atoms with van der Waals surface area (Å²) in [7, 11) is 0. The molecule has 80 valence electrons. The second-order valence-corrected chi connectivity index (χ2v) is 3.80. The van der Waals surface area contributed by atoms with Crippen molar-refractivity contribution in [3.8, 4) is 0 Å². The molecular formula is C11H14N2O2. The molecule has 2 rings (SSSR count). The molecule has 1 unspecified atom stereocenters. The van der Waals surface area contributed by atoms with Gasteiger partial charge in [0.25, 0.3) is 0 Å². The lowest BCUT2D eigenvalue weighted by atomic mass is 9.95. The lowest BCUT2D eigenvalue weighted by Crippen LogP contribution is -2.29. The van der Waals surface area contributed by atoms with Gasteiger partial charge in [-0.3, -0.25) is 0 Å². The number of pyridine rings is 1. The summed E-state index contributed by atoms with van der Waals surface area (Å²) in [6.45, 7) is 1.95. The van der Waals surface area contributed by atoms with E-state index >= 15 is 0 Å². The number of carboxylic acids is 1. The molecular weight excluding hydrogens is 192 g/mol. The van der Waals surface area contributed by atoms with Crippen LogP contribution in [0.2, 0.25) is 0 Å². The summed E-state index contributed by atoms with van der Waals surface area (Å²) in [4.78, 5) is 14.9. The second kappa shape index (κ2) is 4.40. The second-order valence-electron chi connectivity index (χ2n) is 3.80. The number of carbonyl (C=O) groups is 1. The Balaban J connectivity index is 2.19. The zero-order valence-corrected chi connectivity index (χ0v) is 8.44. The normalized spacial score (nSPS) is 21.2. The monoisotopic (exact) mass is 206 g/mol. The van der Waals surface area contributed by atoms with E-state index in [0.29, 0.717) is 5.92 Å². The molecule has 0 aliphatic carbocycles. The van der Waals surface area contributed by atoms with Crippen molar-refractivity contribution in [2.75, 3.05) is 13.1 Å². The van der Waals surface area contributed by atoms with E-state index in [-0.39, 0.29) is 5.69 Å². The van der Waals surface area contributed by atoms with Gasteiger partial charge in [-0.2, -0.15) is 0 Å². The van der Waals surface area contributed by atoms with Crippen molar-refractivity contribution in [2.45, 2.75) is 18.8 Å². The summed E-state index contributed by atoms with van der Waals surface area (Å²) >= 11 is 0. The largest absolute Gasteiger partial charge is 0.477 e. The number of aromatic nitrogens is 1. The van der Waals surface area contributed by atoms with Crippen LogP contribution in [-0.2, 0) is 0 Å². The minimum Gasteiger partial charge on any atom is -0.477 e. The zero-order valence-electron chi connectivity index (χ0n) is 8.44. The van der Waals surface area contributed by atoms with Gasteiger partial charge in [0, 0.05) is 18.2 Å². The third-order valence-electron chi connectivity index (χ3n) is 2.70. The Morgan fingerprint density at radius 3 is 3.07 bits per heavy atom. The van der Waals surface area contributed by atoms with Gasteiger partial charge in [-0.25, -0.2) is 9.78 Å². The van der Waals surface area contributed by atoms with Crippen molar-refractivity contribution in [1.82, 2.24) is 10.3 Å². The summed E-state index contributed by atoms with van der Waals surface area (Å²) in [5.41, 5.74) is 1.03. The highest BCUT2D eigenvalue weighted by atomic mass is 16.4. The van der Waals surface area contributed by atoms with Crippen LogP contribution in [0.15, 0.2) is 18.2 Å².